The van der Waals surface area contributed by atoms with Crippen LogP contribution in [0.15, 0.2) is 18.2 Å². The van der Waals surface area contributed by atoms with Crippen molar-refractivity contribution in [1.29, 1.82) is 0 Å². The summed E-state index contributed by atoms with van der Waals surface area (Å²) in [6.45, 7) is 8.04. The summed E-state index contributed by atoms with van der Waals surface area (Å²) >= 11 is 0. The third-order valence-electron chi connectivity index (χ3n) is 4.36. The number of hydrogen-bond donors (Lipinski definition) is 2. The van der Waals surface area contributed by atoms with Crippen LogP contribution in [-0.4, -0.2) is 74.7 Å². The molecular formula is C19H30N4O4. The minimum absolute atomic E-state index is 0.00192. The van der Waals surface area contributed by atoms with Gasteiger partial charge in [-0.1, -0.05) is 6.07 Å². The maximum atomic E-state index is 12.0. The highest BCUT2D eigenvalue weighted by molar-refractivity contribution is 5.95. The summed E-state index contributed by atoms with van der Waals surface area (Å²) in [7, 11) is 3.26. The molecule has 0 unspecified atom stereocenters. The number of ether oxygens (including phenoxy) is 2. The van der Waals surface area contributed by atoms with Gasteiger partial charge in [-0.15, -0.1) is 0 Å². The first-order valence-electron chi connectivity index (χ1n) is 9.17. The lowest BCUT2D eigenvalue weighted by molar-refractivity contribution is -0.121. The molecule has 1 heterocycles. The first-order valence-corrected chi connectivity index (χ1v) is 9.17. The molecule has 0 aliphatic carbocycles. The molecule has 1 aromatic rings. The van der Waals surface area contributed by atoms with E-state index >= 15 is 0 Å². The predicted octanol–water partition coefficient (Wildman–Crippen LogP) is 1.06. The molecule has 150 valence electrons. The fourth-order valence-electron chi connectivity index (χ4n) is 3.01. The summed E-state index contributed by atoms with van der Waals surface area (Å²) in [6, 6.07) is 5.50. The SMILES string of the molecule is COc1ccc(CN2CCN(CC(=O)NC(=O)NC(C)C)CC2)cc1OC. The summed E-state index contributed by atoms with van der Waals surface area (Å²) in [5, 5.41) is 5.01. The summed E-state index contributed by atoms with van der Waals surface area (Å²) < 4.78 is 10.6. The van der Waals surface area contributed by atoms with E-state index in [0.29, 0.717) is 0 Å². The molecular weight excluding hydrogens is 348 g/mol. The van der Waals surface area contributed by atoms with Crippen LogP contribution in [0.2, 0.25) is 0 Å². The van der Waals surface area contributed by atoms with Gasteiger partial charge in [0.2, 0.25) is 5.91 Å². The van der Waals surface area contributed by atoms with Crippen molar-refractivity contribution in [2.75, 3.05) is 46.9 Å². The molecule has 1 aromatic carbocycles. The Morgan fingerprint density at radius 2 is 1.67 bits per heavy atom. The van der Waals surface area contributed by atoms with Crippen molar-refractivity contribution in [2.45, 2.75) is 26.4 Å². The maximum absolute atomic E-state index is 12.0. The van der Waals surface area contributed by atoms with Crippen LogP contribution in [0, 0.1) is 0 Å². The topological polar surface area (TPSA) is 83.1 Å². The van der Waals surface area contributed by atoms with Crippen LogP contribution in [0.4, 0.5) is 4.79 Å². The predicted molar refractivity (Wildman–Crippen MR) is 103 cm³/mol. The van der Waals surface area contributed by atoms with Crippen LogP contribution in [-0.2, 0) is 11.3 Å². The highest BCUT2D eigenvalue weighted by Crippen LogP contribution is 2.28. The molecule has 3 amide bonds. The van der Waals surface area contributed by atoms with Crippen LogP contribution < -0.4 is 20.1 Å². The zero-order valence-corrected chi connectivity index (χ0v) is 16.6. The van der Waals surface area contributed by atoms with Gasteiger partial charge in [0.1, 0.15) is 0 Å². The zero-order chi connectivity index (χ0) is 19.8. The van der Waals surface area contributed by atoms with E-state index in [0.717, 1.165) is 49.8 Å². The van der Waals surface area contributed by atoms with Crippen LogP contribution in [0.1, 0.15) is 19.4 Å². The van der Waals surface area contributed by atoms with E-state index in [1.807, 2.05) is 32.0 Å². The zero-order valence-electron chi connectivity index (χ0n) is 16.6. The van der Waals surface area contributed by atoms with E-state index in [4.69, 9.17) is 9.47 Å². The second-order valence-electron chi connectivity index (χ2n) is 6.92. The van der Waals surface area contributed by atoms with Crippen molar-refractivity contribution >= 4 is 11.9 Å². The van der Waals surface area contributed by atoms with E-state index in [1.165, 1.54) is 0 Å². The van der Waals surface area contributed by atoms with Crippen molar-refractivity contribution in [2.24, 2.45) is 0 Å². The lowest BCUT2D eigenvalue weighted by Gasteiger charge is -2.34. The molecule has 1 aliphatic heterocycles. The number of methoxy groups -OCH3 is 2. The standard InChI is InChI=1S/C19H30N4O4/c1-14(2)20-19(25)21-18(24)13-23-9-7-22(8-10-23)12-15-5-6-16(26-3)17(11-15)27-4/h5-6,11,14H,7-10,12-13H2,1-4H3,(H2,20,21,24,25). The highest BCUT2D eigenvalue weighted by atomic mass is 16.5. The molecule has 0 radical (unpaired) electrons. The number of carbonyl (C=O) groups excluding carboxylic acids is 2. The number of carbonyl (C=O) groups is 2. The van der Waals surface area contributed by atoms with Crippen molar-refractivity contribution in [3.63, 3.8) is 0 Å². The Kier molecular flexibility index (Phi) is 7.87. The molecule has 27 heavy (non-hydrogen) atoms. The van der Waals surface area contributed by atoms with E-state index in [9.17, 15) is 9.59 Å². The van der Waals surface area contributed by atoms with Gasteiger partial charge < -0.3 is 14.8 Å². The lowest BCUT2D eigenvalue weighted by Crippen LogP contribution is -2.51. The quantitative estimate of drug-likeness (QED) is 0.738. The van der Waals surface area contributed by atoms with E-state index in [2.05, 4.69) is 20.4 Å². The molecule has 1 saturated heterocycles. The molecule has 1 fully saturated rings. The molecule has 8 heteroatoms. The van der Waals surface area contributed by atoms with E-state index in [1.54, 1.807) is 14.2 Å². The van der Waals surface area contributed by atoms with Crippen LogP contribution in [0.25, 0.3) is 0 Å². The highest BCUT2D eigenvalue weighted by Gasteiger charge is 2.20. The van der Waals surface area contributed by atoms with Crippen LogP contribution in [0.3, 0.4) is 0 Å². The van der Waals surface area contributed by atoms with Crippen molar-refractivity contribution in [1.82, 2.24) is 20.4 Å². The van der Waals surface area contributed by atoms with Gasteiger partial charge >= 0.3 is 6.03 Å². The molecule has 0 atom stereocenters. The minimum atomic E-state index is -0.443. The number of amides is 3. The van der Waals surface area contributed by atoms with Gasteiger partial charge in [0.15, 0.2) is 11.5 Å². The molecule has 0 bridgehead atoms. The Balaban J connectivity index is 1.77. The van der Waals surface area contributed by atoms with Gasteiger partial charge in [0, 0.05) is 38.8 Å². The van der Waals surface area contributed by atoms with Gasteiger partial charge in [0.05, 0.1) is 20.8 Å². The maximum Gasteiger partial charge on any atom is 0.321 e. The third-order valence-corrected chi connectivity index (χ3v) is 4.36. The lowest BCUT2D eigenvalue weighted by atomic mass is 10.1. The smallest absolute Gasteiger partial charge is 0.321 e. The van der Waals surface area contributed by atoms with Crippen molar-refractivity contribution < 1.29 is 19.1 Å². The molecule has 2 N–H and O–H groups in total. The van der Waals surface area contributed by atoms with Crippen LogP contribution in [0.5, 0.6) is 11.5 Å². The van der Waals surface area contributed by atoms with Gasteiger partial charge in [0.25, 0.3) is 0 Å². The number of piperazine rings is 1. The fourth-order valence-corrected chi connectivity index (χ4v) is 3.01. The number of nitrogens with one attached hydrogen (secondary N) is 2. The summed E-state index contributed by atoms with van der Waals surface area (Å²) in [6.07, 6.45) is 0. The number of imide groups is 1. The van der Waals surface area contributed by atoms with Gasteiger partial charge in [-0.05, 0) is 31.5 Å². The Bertz CT molecular complexity index is 643. The van der Waals surface area contributed by atoms with Gasteiger partial charge in [-0.2, -0.15) is 0 Å². The Hall–Kier alpha value is -2.32. The van der Waals surface area contributed by atoms with E-state index < -0.39 is 6.03 Å². The van der Waals surface area contributed by atoms with Gasteiger partial charge in [-0.25, -0.2) is 4.79 Å². The first-order chi connectivity index (χ1) is 12.9. The molecule has 1 aliphatic rings. The van der Waals surface area contributed by atoms with Gasteiger partial charge in [-0.3, -0.25) is 19.9 Å². The molecule has 8 nitrogen and oxygen atoms in total. The van der Waals surface area contributed by atoms with E-state index in [-0.39, 0.29) is 18.5 Å². The normalized spacial score (nSPS) is 15.4. The Labute approximate surface area is 160 Å². The monoisotopic (exact) mass is 378 g/mol. The second kappa shape index (κ2) is 10.1. The van der Waals surface area contributed by atoms with Crippen molar-refractivity contribution in [3.05, 3.63) is 23.8 Å². The van der Waals surface area contributed by atoms with Crippen molar-refractivity contribution in [3.8, 4) is 11.5 Å². The third kappa shape index (κ3) is 6.73. The molecule has 2 rings (SSSR count). The summed E-state index contributed by atoms with van der Waals surface area (Å²) in [4.78, 5) is 27.9. The average molecular weight is 378 g/mol. The largest absolute Gasteiger partial charge is 0.493 e. The average Bonchev–Trinajstić information content (AvgIpc) is 2.62. The molecule has 0 saturated carbocycles. The minimum Gasteiger partial charge on any atom is -0.493 e. The number of rotatable bonds is 7. The Morgan fingerprint density at radius 1 is 1.04 bits per heavy atom. The first kappa shape index (κ1) is 21.0. The summed E-state index contributed by atoms with van der Waals surface area (Å²) in [5.41, 5.74) is 1.16. The number of benzene rings is 1. The summed E-state index contributed by atoms with van der Waals surface area (Å²) in [5.74, 6) is 1.17. The molecule has 0 spiro atoms. The molecule has 0 aromatic heterocycles. The number of urea groups is 1. The number of nitrogens with zero attached hydrogens (tertiary/aromatic N) is 2. The second-order valence-corrected chi connectivity index (χ2v) is 6.92. The number of hydrogen-bond acceptors (Lipinski definition) is 6. The Morgan fingerprint density at radius 3 is 2.26 bits per heavy atom. The van der Waals surface area contributed by atoms with Crippen LogP contribution >= 0.6 is 0 Å². The fraction of sp³-hybridized carbons (Fsp3) is 0.579.